The lowest BCUT2D eigenvalue weighted by molar-refractivity contribution is 0.336. The molecule has 0 bridgehead atoms. The Bertz CT molecular complexity index is 959. The van der Waals surface area contributed by atoms with Gasteiger partial charge in [0.1, 0.15) is 11.6 Å². The van der Waals surface area contributed by atoms with Crippen molar-refractivity contribution in [3.8, 4) is 17.1 Å². The molecule has 2 aromatic carbocycles. The van der Waals surface area contributed by atoms with Crippen molar-refractivity contribution in [2.24, 2.45) is 0 Å². The van der Waals surface area contributed by atoms with Crippen molar-refractivity contribution in [1.29, 1.82) is 0 Å². The van der Waals surface area contributed by atoms with E-state index in [1.54, 1.807) is 23.9 Å². The average Bonchev–Trinajstić information content (AvgIpc) is 3.16. The SMILES string of the molecule is Fc1ccccc1-c1nnc(SCCOc2cccc(Br)c2)n1C1CCCCC1. The summed E-state index contributed by atoms with van der Waals surface area (Å²) < 4.78 is 23.4. The van der Waals surface area contributed by atoms with Crippen molar-refractivity contribution in [1.82, 2.24) is 14.8 Å². The van der Waals surface area contributed by atoms with Crippen LogP contribution in [-0.2, 0) is 0 Å². The number of ether oxygens (including phenoxy) is 1. The van der Waals surface area contributed by atoms with Crippen LogP contribution in [-0.4, -0.2) is 27.1 Å². The van der Waals surface area contributed by atoms with Crippen LogP contribution < -0.4 is 4.74 Å². The van der Waals surface area contributed by atoms with Gasteiger partial charge in [-0.25, -0.2) is 4.39 Å². The van der Waals surface area contributed by atoms with Crippen LogP contribution in [0.4, 0.5) is 4.39 Å². The summed E-state index contributed by atoms with van der Waals surface area (Å²) in [6.07, 6.45) is 5.81. The van der Waals surface area contributed by atoms with Gasteiger partial charge in [-0.05, 0) is 43.2 Å². The molecule has 1 aromatic heterocycles. The summed E-state index contributed by atoms with van der Waals surface area (Å²) >= 11 is 5.07. The second-order valence-corrected chi connectivity index (χ2v) is 9.08. The molecule has 4 nitrogen and oxygen atoms in total. The fraction of sp³-hybridized carbons (Fsp3) is 0.364. The third-order valence-electron chi connectivity index (χ3n) is 5.10. The Morgan fingerprint density at radius 2 is 1.90 bits per heavy atom. The Morgan fingerprint density at radius 1 is 1.07 bits per heavy atom. The number of nitrogens with zero attached hydrogens (tertiary/aromatic N) is 3. The zero-order valence-corrected chi connectivity index (χ0v) is 18.5. The summed E-state index contributed by atoms with van der Waals surface area (Å²) in [7, 11) is 0. The van der Waals surface area contributed by atoms with Gasteiger partial charge in [0, 0.05) is 16.3 Å². The average molecular weight is 476 g/mol. The minimum Gasteiger partial charge on any atom is -0.493 e. The molecule has 1 saturated carbocycles. The fourth-order valence-electron chi connectivity index (χ4n) is 3.72. The number of aromatic nitrogens is 3. The van der Waals surface area contributed by atoms with E-state index in [4.69, 9.17) is 4.74 Å². The maximum Gasteiger partial charge on any atom is 0.191 e. The van der Waals surface area contributed by atoms with Crippen LogP contribution in [0.2, 0.25) is 0 Å². The second kappa shape index (κ2) is 9.76. The van der Waals surface area contributed by atoms with Crippen molar-refractivity contribution in [3.63, 3.8) is 0 Å². The summed E-state index contributed by atoms with van der Waals surface area (Å²) in [5.74, 6) is 1.95. The summed E-state index contributed by atoms with van der Waals surface area (Å²) in [5, 5.41) is 9.63. The molecular weight excluding hydrogens is 453 g/mol. The highest BCUT2D eigenvalue weighted by atomic mass is 79.9. The van der Waals surface area contributed by atoms with E-state index in [1.807, 2.05) is 30.3 Å². The number of hydrogen-bond donors (Lipinski definition) is 0. The predicted molar refractivity (Wildman–Crippen MR) is 118 cm³/mol. The van der Waals surface area contributed by atoms with Crippen LogP contribution in [0.15, 0.2) is 58.2 Å². The van der Waals surface area contributed by atoms with Gasteiger partial charge in [-0.3, -0.25) is 4.57 Å². The zero-order valence-electron chi connectivity index (χ0n) is 16.1. The number of thioether (sulfide) groups is 1. The molecule has 7 heteroatoms. The number of hydrogen-bond acceptors (Lipinski definition) is 4. The fourth-order valence-corrected chi connectivity index (χ4v) is 4.92. The molecule has 0 unspecified atom stereocenters. The largest absolute Gasteiger partial charge is 0.493 e. The van der Waals surface area contributed by atoms with Crippen LogP contribution in [0.5, 0.6) is 5.75 Å². The summed E-state index contributed by atoms with van der Waals surface area (Å²) in [5.41, 5.74) is 0.516. The van der Waals surface area contributed by atoms with E-state index in [1.165, 1.54) is 25.3 Å². The molecule has 152 valence electrons. The van der Waals surface area contributed by atoms with Crippen molar-refractivity contribution >= 4 is 27.7 Å². The van der Waals surface area contributed by atoms with E-state index in [0.29, 0.717) is 24.0 Å². The summed E-state index contributed by atoms with van der Waals surface area (Å²) in [6.45, 7) is 0.563. The number of rotatable bonds is 7. The van der Waals surface area contributed by atoms with Crippen LogP contribution in [0, 0.1) is 5.82 Å². The highest BCUT2D eigenvalue weighted by molar-refractivity contribution is 9.10. The molecule has 0 N–H and O–H groups in total. The van der Waals surface area contributed by atoms with Crippen molar-refractivity contribution in [2.75, 3.05) is 12.4 Å². The first kappa shape index (κ1) is 20.4. The Balaban J connectivity index is 1.51. The van der Waals surface area contributed by atoms with Crippen molar-refractivity contribution in [3.05, 3.63) is 58.8 Å². The van der Waals surface area contributed by atoms with Gasteiger partial charge >= 0.3 is 0 Å². The van der Waals surface area contributed by atoms with Gasteiger partial charge in [0.2, 0.25) is 0 Å². The number of benzene rings is 2. The minimum absolute atomic E-state index is 0.258. The first-order valence-corrected chi connectivity index (χ1v) is 11.7. The van der Waals surface area contributed by atoms with E-state index >= 15 is 0 Å². The van der Waals surface area contributed by atoms with Crippen molar-refractivity contribution in [2.45, 2.75) is 43.3 Å². The molecule has 0 radical (unpaired) electrons. The molecule has 1 aliphatic rings. The molecule has 4 rings (SSSR count). The molecule has 0 atom stereocenters. The monoisotopic (exact) mass is 475 g/mol. The van der Waals surface area contributed by atoms with Crippen molar-refractivity contribution < 1.29 is 9.13 Å². The molecule has 0 aliphatic heterocycles. The Morgan fingerprint density at radius 3 is 2.69 bits per heavy atom. The van der Waals surface area contributed by atoms with Gasteiger partial charge in [0.15, 0.2) is 11.0 Å². The molecule has 3 aromatic rings. The van der Waals surface area contributed by atoms with Crippen LogP contribution in [0.1, 0.15) is 38.1 Å². The Hall–Kier alpha value is -1.86. The molecule has 0 spiro atoms. The van der Waals surface area contributed by atoms with Gasteiger partial charge in [-0.2, -0.15) is 0 Å². The molecular formula is C22H23BrFN3OS. The summed E-state index contributed by atoms with van der Waals surface area (Å²) in [4.78, 5) is 0. The topological polar surface area (TPSA) is 39.9 Å². The van der Waals surface area contributed by atoms with Gasteiger partial charge in [0.05, 0.1) is 12.2 Å². The first-order chi connectivity index (χ1) is 14.2. The molecule has 1 aliphatic carbocycles. The Labute approximate surface area is 183 Å². The normalized spacial score (nSPS) is 14.8. The van der Waals surface area contributed by atoms with E-state index < -0.39 is 0 Å². The maximum atomic E-state index is 14.4. The third kappa shape index (κ3) is 5.01. The summed E-state index contributed by atoms with van der Waals surface area (Å²) in [6, 6.07) is 14.9. The minimum atomic E-state index is -0.258. The lowest BCUT2D eigenvalue weighted by Gasteiger charge is -2.25. The van der Waals surface area contributed by atoms with E-state index in [9.17, 15) is 4.39 Å². The van der Waals surface area contributed by atoms with E-state index in [2.05, 4.69) is 30.7 Å². The Kier molecular flexibility index (Phi) is 6.87. The quantitative estimate of drug-likeness (QED) is 0.287. The molecule has 29 heavy (non-hydrogen) atoms. The number of halogens is 2. The zero-order chi connectivity index (χ0) is 20.1. The van der Waals surface area contributed by atoms with E-state index in [-0.39, 0.29) is 5.82 Å². The smallest absolute Gasteiger partial charge is 0.191 e. The maximum absolute atomic E-state index is 14.4. The van der Waals surface area contributed by atoms with Crippen LogP contribution in [0.3, 0.4) is 0 Å². The second-order valence-electron chi connectivity index (χ2n) is 7.10. The van der Waals surface area contributed by atoms with Crippen LogP contribution in [0.25, 0.3) is 11.4 Å². The van der Waals surface area contributed by atoms with Gasteiger partial charge in [-0.1, -0.05) is 65.2 Å². The van der Waals surface area contributed by atoms with Gasteiger partial charge in [-0.15, -0.1) is 10.2 Å². The van der Waals surface area contributed by atoms with Crippen LogP contribution >= 0.6 is 27.7 Å². The van der Waals surface area contributed by atoms with Gasteiger partial charge in [0.25, 0.3) is 0 Å². The lowest BCUT2D eigenvalue weighted by Crippen LogP contribution is -2.15. The molecule has 1 fully saturated rings. The highest BCUT2D eigenvalue weighted by Gasteiger charge is 2.25. The standard InChI is InChI=1S/C22H23BrFN3OS/c23-16-7-6-10-18(15-16)28-13-14-29-22-26-25-21(19-11-4-5-12-20(19)24)27(22)17-8-2-1-3-9-17/h4-7,10-12,15,17H,1-3,8-9,13-14H2. The lowest BCUT2D eigenvalue weighted by atomic mass is 9.95. The predicted octanol–water partition coefficient (Wildman–Crippen LogP) is 6.52. The molecule has 0 saturated heterocycles. The third-order valence-corrected chi connectivity index (χ3v) is 6.50. The molecule has 0 amide bonds. The van der Waals surface area contributed by atoms with Gasteiger partial charge < -0.3 is 4.74 Å². The first-order valence-electron chi connectivity index (χ1n) is 9.93. The molecule has 1 heterocycles. The van der Waals surface area contributed by atoms with E-state index in [0.717, 1.165) is 34.0 Å². The highest BCUT2D eigenvalue weighted by Crippen LogP contribution is 2.36.